The van der Waals surface area contributed by atoms with E-state index in [-0.39, 0.29) is 18.0 Å². The van der Waals surface area contributed by atoms with Gasteiger partial charge in [-0.3, -0.25) is 0 Å². The quantitative estimate of drug-likeness (QED) is 0.447. The molecule has 0 aliphatic carbocycles. The van der Waals surface area contributed by atoms with Crippen LogP contribution in [0.4, 0.5) is 0 Å². The summed E-state index contributed by atoms with van der Waals surface area (Å²) in [5, 5.41) is 0. The van der Waals surface area contributed by atoms with Gasteiger partial charge in [-0.1, -0.05) is 46.1 Å². The van der Waals surface area contributed by atoms with E-state index < -0.39 is 5.97 Å². The van der Waals surface area contributed by atoms with Crippen LogP contribution in [0.1, 0.15) is 27.7 Å². The molecule has 0 fully saturated rings. The summed E-state index contributed by atoms with van der Waals surface area (Å²) in [7, 11) is 1.31. The fourth-order valence-corrected chi connectivity index (χ4v) is 1.15. The van der Waals surface area contributed by atoms with Gasteiger partial charge < -0.3 is 9.47 Å². The SMILES string of the molecule is C=CC(=O)OC.C=CCOC(=O)C(=CC)C(C)(C)C. The van der Waals surface area contributed by atoms with E-state index in [1.807, 2.05) is 27.7 Å². The van der Waals surface area contributed by atoms with Crippen molar-refractivity contribution in [3.05, 3.63) is 37.0 Å². The molecular formula is C15H24O4. The molecule has 0 spiro atoms. The van der Waals surface area contributed by atoms with Crippen molar-refractivity contribution in [3.8, 4) is 0 Å². The summed E-state index contributed by atoms with van der Waals surface area (Å²) in [5.74, 6) is -0.648. The van der Waals surface area contributed by atoms with Crippen molar-refractivity contribution in [2.45, 2.75) is 27.7 Å². The Bertz CT molecular complexity index is 346. The van der Waals surface area contributed by atoms with Crippen LogP contribution in [0, 0.1) is 5.41 Å². The van der Waals surface area contributed by atoms with Gasteiger partial charge in [-0.2, -0.15) is 0 Å². The third-order valence-electron chi connectivity index (χ3n) is 2.02. The standard InChI is InChI=1S/C11H18O2.C4H6O2/c1-6-8-13-10(12)9(7-2)11(3,4)5;1-3-4(5)6-2/h6-7H,1,8H2,2-5H3;3H,1H2,2H3. The number of carbonyl (C=O) groups is 2. The highest BCUT2D eigenvalue weighted by molar-refractivity contribution is 5.89. The molecule has 0 aliphatic heterocycles. The summed E-state index contributed by atoms with van der Waals surface area (Å²) in [5.41, 5.74) is 0.543. The Balaban J connectivity index is 0. The first-order valence-corrected chi connectivity index (χ1v) is 5.89. The van der Waals surface area contributed by atoms with Crippen molar-refractivity contribution < 1.29 is 19.1 Å². The first-order valence-electron chi connectivity index (χ1n) is 5.89. The van der Waals surface area contributed by atoms with E-state index in [0.717, 1.165) is 6.08 Å². The lowest BCUT2D eigenvalue weighted by atomic mass is 9.86. The fourth-order valence-electron chi connectivity index (χ4n) is 1.15. The zero-order valence-electron chi connectivity index (χ0n) is 12.5. The third kappa shape index (κ3) is 9.83. The first kappa shape index (κ1) is 19.5. The Morgan fingerprint density at radius 2 is 1.74 bits per heavy atom. The minimum atomic E-state index is -0.394. The van der Waals surface area contributed by atoms with Gasteiger partial charge in [-0.25, -0.2) is 9.59 Å². The molecule has 0 aliphatic rings. The summed E-state index contributed by atoms with van der Waals surface area (Å²) in [6.07, 6.45) is 4.47. The monoisotopic (exact) mass is 268 g/mol. The van der Waals surface area contributed by atoms with Crippen LogP contribution in [-0.4, -0.2) is 25.7 Å². The van der Waals surface area contributed by atoms with Crippen LogP contribution in [0.25, 0.3) is 0 Å². The largest absolute Gasteiger partial charge is 0.466 e. The summed E-state index contributed by atoms with van der Waals surface area (Å²) in [6, 6.07) is 0. The lowest BCUT2D eigenvalue weighted by Gasteiger charge is -2.20. The number of hydrogen-bond donors (Lipinski definition) is 0. The molecule has 0 heterocycles. The van der Waals surface area contributed by atoms with Gasteiger partial charge in [0.05, 0.1) is 7.11 Å². The van der Waals surface area contributed by atoms with Crippen molar-refractivity contribution in [1.29, 1.82) is 0 Å². The van der Waals surface area contributed by atoms with Crippen molar-refractivity contribution in [3.63, 3.8) is 0 Å². The molecule has 0 saturated heterocycles. The van der Waals surface area contributed by atoms with Crippen LogP contribution in [0.5, 0.6) is 0 Å². The minimum absolute atomic E-state index is 0.160. The molecule has 0 aromatic carbocycles. The second-order valence-corrected chi connectivity index (χ2v) is 4.57. The molecule has 0 radical (unpaired) electrons. The summed E-state index contributed by atoms with van der Waals surface area (Å²) in [6.45, 7) is 14.7. The molecule has 4 heteroatoms. The second kappa shape index (κ2) is 10.1. The number of allylic oxidation sites excluding steroid dienone is 1. The van der Waals surface area contributed by atoms with Crippen molar-refractivity contribution >= 4 is 11.9 Å². The number of hydrogen-bond acceptors (Lipinski definition) is 4. The predicted octanol–water partition coefficient (Wildman–Crippen LogP) is 3.05. The van der Waals surface area contributed by atoms with Gasteiger partial charge in [0, 0.05) is 11.6 Å². The molecule has 0 bridgehead atoms. The molecule has 108 valence electrons. The van der Waals surface area contributed by atoms with Gasteiger partial charge >= 0.3 is 11.9 Å². The number of rotatable bonds is 4. The van der Waals surface area contributed by atoms with Gasteiger partial charge in [0.15, 0.2) is 0 Å². The Hall–Kier alpha value is -1.84. The molecular weight excluding hydrogens is 244 g/mol. The first-order chi connectivity index (χ1) is 8.74. The molecule has 0 unspecified atom stereocenters. The van der Waals surface area contributed by atoms with E-state index in [2.05, 4.69) is 17.9 Å². The van der Waals surface area contributed by atoms with Crippen LogP contribution < -0.4 is 0 Å². The van der Waals surface area contributed by atoms with E-state index in [4.69, 9.17) is 4.74 Å². The lowest BCUT2D eigenvalue weighted by molar-refractivity contribution is -0.139. The Labute approximate surface area is 115 Å². The third-order valence-corrected chi connectivity index (χ3v) is 2.02. The lowest BCUT2D eigenvalue weighted by Crippen LogP contribution is -2.20. The Morgan fingerprint density at radius 1 is 1.21 bits per heavy atom. The number of methoxy groups -OCH3 is 1. The van der Waals surface area contributed by atoms with Crippen LogP contribution >= 0.6 is 0 Å². The van der Waals surface area contributed by atoms with Crippen molar-refractivity contribution in [1.82, 2.24) is 0 Å². The number of ether oxygens (including phenoxy) is 2. The minimum Gasteiger partial charge on any atom is -0.466 e. The molecule has 0 rings (SSSR count). The molecule has 4 nitrogen and oxygen atoms in total. The van der Waals surface area contributed by atoms with Gasteiger partial charge in [0.1, 0.15) is 6.61 Å². The van der Waals surface area contributed by atoms with Crippen LogP contribution in [0.2, 0.25) is 0 Å². The van der Waals surface area contributed by atoms with Gasteiger partial charge in [0.2, 0.25) is 0 Å². The molecule has 19 heavy (non-hydrogen) atoms. The predicted molar refractivity (Wildman–Crippen MR) is 76.6 cm³/mol. The molecule has 0 aromatic rings. The summed E-state index contributed by atoms with van der Waals surface area (Å²) >= 11 is 0. The maximum Gasteiger partial charge on any atom is 0.334 e. The number of carbonyl (C=O) groups excluding carboxylic acids is 2. The van der Waals surface area contributed by atoms with E-state index in [0.29, 0.717) is 5.57 Å². The maximum absolute atomic E-state index is 11.4. The Kier molecular flexibility index (Phi) is 10.4. The highest BCUT2D eigenvalue weighted by Gasteiger charge is 2.23. The van der Waals surface area contributed by atoms with E-state index in [1.165, 1.54) is 7.11 Å². The molecule has 0 amide bonds. The van der Waals surface area contributed by atoms with Crippen LogP contribution in [0.3, 0.4) is 0 Å². The van der Waals surface area contributed by atoms with Gasteiger partial charge in [-0.05, 0) is 12.3 Å². The second-order valence-electron chi connectivity index (χ2n) is 4.57. The topological polar surface area (TPSA) is 52.6 Å². The zero-order chi connectivity index (χ0) is 15.5. The van der Waals surface area contributed by atoms with Crippen molar-refractivity contribution in [2.75, 3.05) is 13.7 Å². The zero-order valence-corrected chi connectivity index (χ0v) is 12.5. The average Bonchev–Trinajstić information content (AvgIpc) is 2.35. The normalized spacial score (nSPS) is 10.7. The van der Waals surface area contributed by atoms with Crippen LogP contribution in [-0.2, 0) is 19.1 Å². The van der Waals surface area contributed by atoms with Gasteiger partial charge in [-0.15, -0.1) is 0 Å². The fraction of sp³-hybridized carbons (Fsp3) is 0.467. The smallest absolute Gasteiger partial charge is 0.334 e. The molecule has 0 atom stereocenters. The van der Waals surface area contributed by atoms with Crippen LogP contribution in [0.15, 0.2) is 37.0 Å². The summed E-state index contributed by atoms with van der Waals surface area (Å²) < 4.78 is 9.09. The molecule has 0 aromatic heterocycles. The Morgan fingerprint density at radius 3 is 1.95 bits per heavy atom. The van der Waals surface area contributed by atoms with E-state index >= 15 is 0 Å². The maximum atomic E-state index is 11.4. The molecule has 0 saturated carbocycles. The summed E-state index contributed by atoms with van der Waals surface area (Å²) in [4.78, 5) is 21.3. The average molecular weight is 268 g/mol. The van der Waals surface area contributed by atoms with Gasteiger partial charge in [0.25, 0.3) is 0 Å². The highest BCUT2D eigenvalue weighted by Crippen LogP contribution is 2.25. The molecule has 0 N–H and O–H groups in total. The number of esters is 2. The van der Waals surface area contributed by atoms with Crippen molar-refractivity contribution in [2.24, 2.45) is 5.41 Å². The van der Waals surface area contributed by atoms with E-state index in [9.17, 15) is 9.59 Å². The highest BCUT2D eigenvalue weighted by atomic mass is 16.5. The van der Waals surface area contributed by atoms with E-state index in [1.54, 1.807) is 12.2 Å².